The third-order valence-electron chi connectivity index (χ3n) is 31.2. The molecular weight excluding hydrogens is 1800 g/mol. The molecule has 696 valence electrons. The first kappa shape index (κ1) is 88.2. The minimum atomic E-state index is 1.21. The molecule has 0 nitrogen and oxygen atoms in total. The topological polar surface area (TPSA) is 0 Å². The van der Waals surface area contributed by atoms with E-state index in [1.807, 2.05) is 0 Å². The highest BCUT2D eigenvalue weighted by atomic mass is 14.3. The van der Waals surface area contributed by atoms with E-state index in [1.54, 1.807) is 0 Å². The Labute approximate surface area is 870 Å². The molecule has 0 unspecified atom stereocenters. The van der Waals surface area contributed by atoms with Crippen molar-refractivity contribution in [3.8, 4) is 134 Å². The van der Waals surface area contributed by atoms with Crippen molar-refractivity contribution in [2.24, 2.45) is 0 Å². The molecule has 0 amide bonds. The molecule has 30 aromatic rings. The van der Waals surface area contributed by atoms with E-state index in [0.717, 1.165) is 0 Å². The zero-order valence-electron chi connectivity index (χ0n) is 82.4. The maximum atomic E-state index is 2.46. The lowest BCUT2D eigenvalue weighted by Crippen LogP contribution is -1.94. The van der Waals surface area contributed by atoms with E-state index in [4.69, 9.17) is 0 Å². The highest BCUT2D eigenvalue weighted by Crippen LogP contribution is 2.54. The Kier molecular flexibility index (Phi) is 22.1. The second kappa shape index (κ2) is 37.6. The molecule has 0 radical (unpaired) electrons. The zero-order chi connectivity index (χ0) is 99.1. The van der Waals surface area contributed by atoms with E-state index in [9.17, 15) is 0 Å². The van der Waals surface area contributed by atoms with Gasteiger partial charge in [0.05, 0.1) is 0 Å². The van der Waals surface area contributed by atoms with E-state index in [2.05, 4.69) is 582 Å². The van der Waals surface area contributed by atoms with Crippen molar-refractivity contribution in [3.63, 3.8) is 0 Å². The van der Waals surface area contributed by atoms with Crippen LogP contribution in [0.2, 0.25) is 0 Å². The molecule has 0 saturated heterocycles. The lowest BCUT2D eigenvalue weighted by molar-refractivity contribution is 1.63. The number of hydrogen-bond acceptors (Lipinski definition) is 0. The molecule has 0 atom stereocenters. The number of rotatable bonds is 12. The van der Waals surface area contributed by atoms with Gasteiger partial charge in [0.1, 0.15) is 0 Å². The molecule has 0 bridgehead atoms. The SMILES string of the molecule is c1ccc(-c2c3ccc(-c4cccc5ccccc45)cc3c(-c3ccccc3)c3ccc(-c4ccc5ccccc5c4)cc23)cc1.c1ccc(-c2ccc3c(-c4ccc5ccccc5c4)c4cc(-c5ccc6ccccc6c5)ccc4c(-c4ccc5ccccc5c4)c3c2)cc1.c1ccc2cc(-c3ccc4c(-c5cccc6ccccc56)c5cc(-c6cccc7ccccc67)ccc5c(-c5cccc6ccccc56)c4c3)ccc2c1. The number of fused-ring (bicyclic) bond motifs is 15. The normalized spacial score (nSPS) is 11.6. The summed E-state index contributed by atoms with van der Waals surface area (Å²) >= 11 is 0. The van der Waals surface area contributed by atoms with Crippen LogP contribution in [0.15, 0.2) is 582 Å². The summed E-state index contributed by atoms with van der Waals surface area (Å²) in [7, 11) is 0. The van der Waals surface area contributed by atoms with Crippen LogP contribution < -0.4 is 0 Å². The minimum Gasteiger partial charge on any atom is -0.0622 e. The Bertz CT molecular complexity index is 10600. The second-order valence-electron chi connectivity index (χ2n) is 39.8. The van der Waals surface area contributed by atoms with Crippen molar-refractivity contribution in [2.75, 3.05) is 0 Å². The average Bonchev–Trinajstić information content (AvgIpc) is 0.718. The van der Waals surface area contributed by atoms with Crippen molar-refractivity contribution in [1.29, 1.82) is 0 Å². The fourth-order valence-corrected chi connectivity index (χ4v) is 24.0. The van der Waals surface area contributed by atoms with Crippen molar-refractivity contribution in [2.45, 2.75) is 0 Å². The van der Waals surface area contributed by atoms with Crippen LogP contribution in [0, 0.1) is 0 Å². The maximum absolute atomic E-state index is 2.46. The Hall–Kier alpha value is -19.5. The van der Waals surface area contributed by atoms with Crippen LogP contribution in [0.25, 0.3) is 295 Å². The predicted octanol–water partition coefficient (Wildman–Crippen LogP) is 42.4. The first-order valence-corrected chi connectivity index (χ1v) is 52.0. The van der Waals surface area contributed by atoms with Gasteiger partial charge in [0.25, 0.3) is 0 Å². The first-order valence-electron chi connectivity index (χ1n) is 52.0. The third-order valence-corrected chi connectivity index (χ3v) is 31.2. The van der Waals surface area contributed by atoms with Gasteiger partial charge in [0.15, 0.2) is 0 Å². The maximum Gasteiger partial charge on any atom is -0.00199 e. The Morgan fingerprint density at radius 3 is 0.547 bits per heavy atom. The summed E-state index contributed by atoms with van der Waals surface area (Å²) in [6.45, 7) is 0. The summed E-state index contributed by atoms with van der Waals surface area (Å²) in [5.74, 6) is 0. The van der Waals surface area contributed by atoms with E-state index >= 15 is 0 Å². The van der Waals surface area contributed by atoms with Crippen LogP contribution in [0.3, 0.4) is 0 Å². The summed E-state index contributed by atoms with van der Waals surface area (Å²) < 4.78 is 0. The molecule has 0 aliphatic heterocycles. The molecule has 0 saturated carbocycles. The number of hydrogen-bond donors (Lipinski definition) is 0. The molecule has 30 rings (SSSR count). The van der Waals surface area contributed by atoms with Gasteiger partial charge in [-0.2, -0.15) is 0 Å². The molecule has 0 aliphatic carbocycles. The average molecular weight is 1900 g/mol. The summed E-state index contributed by atoms with van der Waals surface area (Å²) in [5.41, 5.74) is 29.8. The summed E-state index contributed by atoms with van der Waals surface area (Å²) in [6, 6.07) is 215. The first-order chi connectivity index (χ1) is 74.4. The number of benzene rings is 30. The molecule has 0 aliphatic rings. The molecule has 0 aromatic heterocycles. The van der Waals surface area contributed by atoms with Crippen molar-refractivity contribution in [3.05, 3.63) is 582 Å². The van der Waals surface area contributed by atoms with Crippen molar-refractivity contribution in [1.82, 2.24) is 0 Å². The lowest BCUT2D eigenvalue weighted by Gasteiger charge is -2.21. The largest absolute Gasteiger partial charge is 0.0622 e. The zero-order valence-corrected chi connectivity index (χ0v) is 82.4. The van der Waals surface area contributed by atoms with Crippen LogP contribution in [0.5, 0.6) is 0 Å². The lowest BCUT2D eigenvalue weighted by atomic mass is 9.82. The van der Waals surface area contributed by atoms with Gasteiger partial charge in [0, 0.05) is 0 Å². The van der Waals surface area contributed by atoms with Crippen molar-refractivity contribution >= 4 is 162 Å². The molecule has 150 heavy (non-hydrogen) atoms. The van der Waals surface area contributed by atoms with Gasteiger partial charge in [-0.05, 0) is 362 Å². The van der Waals surface area contributed by atoms with Gasteiger partial charge >= 0.3 is 0 Å². The van der Waals surface area contributed by atoms with Gasteiger partial charge in [-0.3, -0.25) is 0 Å². The molecule has 0 fully saturated rings. The van der Waals surface area contributed by atoms with Crippen LogP contribution in [0.1, 0.15) is 0 Å². The Balaban J connectivity index is 0.000000108. The molecular formula is C150H96. The van der Waals surface area contributed by atoms with Gasteiger partial charge in [0.2, 0.25) is 0 Å². The molecule has 0 heterocycles. The summed E-state index contributed by atoms with van der Waals surface area (Å²) in [4.78, 5) is 0. The summed E-state index contributed by atoms with van der Waals surface area (Å²) in [6.07, 6.45) is 0. The highest BCUT2D eigenvalue weighted by Gasteiger charge is 2.26. The standard InChI is InChI=1S/C54H34.C50H32.C46H30/c1-2-16-39-32-40(27-26-35(39)12-1)41-28-30-49-51(33-41)53(47-24-10-18-37-14-4-7-21-44(37)47)50-31-29-42(46-23-9-17-36-13-3-6-20-43(36)46)34-52(50)54(49)48-25-11-19-38-15-5-8-22-45(38)48;1-2-10-33(11-3-1)41-24-26-45-47(31-41)49(43-22-19-35-13-5-8-16-38(35)29-43)46-27-25-42(40-21-18-34-12-4-7-15-37(34)28-40)32-48(46)50(45)44-23-20-36-14-6-9-17-39(36)30-44;1-3-14-33(15-4-1)45-42-27-25-38(40-21-11-19-32-13-9-10-20-39(32)40)30-44(42)46(34-16-5-2-6-17-34)41-26-24-37(29-43(41)45)36-23-22-31-12-7-8-18-35(31)28-36/h1-34H;1-32H;1-30H. The highest BCUT2D eigenvalue weighted by molar-refractivity contribution is 6.29. The van der Waals surface area contributed by atoms with E-state index < -0.39 is 0 Å². The fourth-order valence-electron chi connectivity index (χ4n) is 24.0. The van der Waals surface area contributed by atoms with Gasteiger partial charge < -0.3 is 0 Å². The minimum absolute atomic E-state index is 1.21. The Morgan fingerprint density at radius 1 is 0.0667 bits per heavy atom. The predicted molar refractivity (Wildman–Crippen MR) is 647 cm³/mol. The molecule has 0 N–H and O–H groups in total. The van der Waals surface area contributed by atoms with Crippen LogP contribution in [0.4, 0.5) is 0 Å². The Morgan fingerprint density at radius 2 is 0.247 bits per heavy atom. The van der Waals surface area contributed by atoms with Gasteiger partial charge in [-0.25, -0.2) is 0 Å². The monoisotopic (exact) mass is 1900 g/mol. The van der Waals surface area contributed by atoms with Gasteiger partial charge in [-0.1, -0.05) is 516 Å². The van der Waals surface area contributed by atoms with E-state index in [-0.39, 0.29) is 0 Å². The second-order valence-corrected chi connectivity index (χ2v) is 39.8. The molecule has 0 heteroatoms. The fraction of sp³-hybridized carbons (Fsp3) is 0. The molecule has 30 aromatic carbocycles. The quantitative estimate of drug-likeness (QED) is 0.107. The van der Waals surface area contributed by atoms with Crippen LogP contribution in [-0.4, -0.2) is 0 Å². The smallest absolute Gasteiger partial charge is 0.00199 e. The van der Waals surface area contributed by atoms with E-state index in [0.29, 0.717) is 0 Å². The summed E-state index contributed by atoms with van der Waals surface area (Å²) in [5, 5.41) is 37.7. The molecule has 0 spiro atoms. The van der Waals surface area contributed by atoms with Crippen LogP contribution >= 0.6 is 0 Å². The van der Waals surface area contributed by atoms with E-state index in [1.165, 1.54) is 295 Å². The van der Waals surface area contributed by atoms with Crippen molar-refractivity contribution < 1.29 is 0 Å². The third kappa shape index (κ3) is 15.9. The van der Waals surface area contributed by atoms with Gasteiger partial charge in [-0.15, -0.1) is 0 Å². The van der Waals surface area contributed by atoms with Crippen LogP contribution in [-0.2, 0) is 0 Å².